The highest BCUT2D eigenvalue weighted by Crippen LogP contribution is 2.54. The molecule has 0 bridgehead atoms. The monoisotopic (exact) mass is 251 g/mol. The summed E-state index contributed by atoms with van der Waals surface area (Å²) in [6, 6.07) is -0.311. The van der Waals surface area contributed by atoms with Crippen LogP contribution in [0.3, 0.4) is 0 Å². The van der Waals surface area contributed by atoms with E-state index in [-0.39, 0.29) is 23.8 Å². The Hall–Kier alpha value is -1.06. The van der Waals surface area contributed by atoms with Crippen molar-refractivity contribution in [3.63, 3.8) is 0 Å². The Labute approximate surface area is 108 Å². The van der Waals surface area contributed by atoms with Crippen LogP contribution in [-0.2, 0) is 14.3 Å². The van der Waals surface area contributed by atoms with Crippen molar-refractivity contribution in [3.05, 3.63) is 0 Å². The van der Waals surface area contributed by atoms with Crippen LogP contribution in [0.5, 0.6) is 0 Å². The Balaban J connectivity index is 1.63. The summed E-state index contributed by atoms with van der Waals surface area (Å²) in [5.74, 6) is 1.79. The maximum absolute atomic E-state index is 12.5. The van der Waals surface area contributed by atoms with Gasteiger partial charge < -0.3 is 9.64 Å². The van der Waals surface area contributed by atoms with Crippen molar-refractivity contribution >= 4 is 11.9 Å². The lowest BCUT2D eigenvalue weighted by Crippen LogP contribution is -2.44. The lowest BCUT2D eigenvalue weighted by Gasteiger charge is -2.26. The maximum Gasteiger partial charge on any atom is 0.328 e. The van der Waals surface area contributed by atoms with Gasteiger partial charge in [0.25, 0.3) is 0 Å². The van der Waals surface area contributed by atoms with E-state index in [0.29, 0.717) is 6.61 Å². The normalized spacial score (nSPS) is 37.5. The lowest BCUT2D eigenvalue weighted by molar-refractivity contribution is -0.154. The summed E-state index contributed by atoms with van der Waals surface area (Å²) in [6.45, 7) is 2.93. The molecular formula is C14H21NO3. The van der Waals surface area contributed by atoms with Crippen molar-refractivity contribution in [2.45, 2.75) is 45.1 Å². The molecule has 1 saturated heterocycles. The third-order valence-electron chi connectivity index (χ3n) is 4.69. The molecule has 0 aromatic heterocycles. The second kappa shape index (κ2) is 4.56. The standard InChI is InChI=1S/C14H21NO3/c1-2-18-14(17)12-4-3-5-15(12)13(16)11-7-9-6-10(9)8-11/h9-12H,2-8H2,1H3. The molecule has 18 heavy (non-hydrogen) atoms. The quantitative estimate of drug-likeness (QED) is 0.716. The van der Waals surface area contributed by atoms with Crippen LogP contribution >= 0.6 is 0 Å². The third kappa shape index (κ3) is 2.02. The Morgan fingerprint density at radius 1 is 1.22 bits per heavy atom. The molecule has 3 aliphatic rings. The highest BCUT2D eigenvalue weighted by Gasteiger charge is 2.50. The summed E-state index contributed by atoms with van der Waals surface area (Å²) >= 11 is 0. The number of nitrogens with zero attached hydrogens (tertiary/aromatic N) is 1. The fraction of sp³-hybridized carbons (Fsp3) is 0.857. The number of amides is 1. The summed E-state index contributed by atoms with van der Waals surface area (Å²) in [5.41, 5.74) is 0. The molecule has 0 N–H and O–H groups in total. The number of hydrogen-bond donors (Lipinski definition) is 0. The van der Waals surface area contributed by atoms with Crippen LogP contribution in [-0.4, -0.2) is 36.0 Å². The van der Waals surface area contributed by atoms with E-state index in [0.717, 1.165) is 44.1 Å². The smallest absolute Gasteiger partial charge is 0.328 e. The first-order chi connectivity index (χ1) is 8.70. The molecule has 3 rings (SSSR count). The molecule has 4 heteroatoms. The molecule has 2 saturated carbocycles. The predicted octanol–water partition coefficient (Wildman–Crippen LogP) is 1.59. The zero-order chi connectivity index (χ0) is 12.7. The first kappa shape index (κ1) is 12.0. The van der Waals surface area contributed by atoms with Gasteiger partial charge in [-0.3, -0.25) is 4.79 Å². The van der Waals surface area contributed by atoms with Gasteiger partial charge in [0.15, 0.2) is 0 Å². The van der Waals surface area contributed by atoms with Crippen molar-refractivity contribution < 1.29 is 14.3 Å². The molecule has 0 aromatic carbocycles. The van der Waals surface area contributed by atoms with Gasteiger partial charge in [0, 0.05) is 12.5 Å². The SMILES string of the molecule is CCOC(=O)C1CCCN1C(=O)C1CC2CC2C1. The van der Waals surface area contributed by atoms with Gasteiger partial charge in [-0.25, -0.2) is 4.79 Å². The van der Waals surface area contributed by atoms with Gasteiger partial charge in [-0.2, -0.15) is 0 Å². The van der Waals surface area contributed by atoms with Gasteiger partial charge in [-0.15, -0.1) is 0 Å². The van der Waals surface area contributed by atoms with Gasteiger partial charge in [0.1, 0.15) is 6.04 Å². The summed E-state index contributed by atoms with van der Waals surface area (Å²) < 4.78 is 5.07. The van der Waals surface area contributed by atoms with Crippen molar-refractivity contribution in [3.8, 4) is 0 Å². The van der Waals surface area contributed by atoms with Gasteiger partial charge in [0.05, 0.1) is 6.61 Å². The van der Waals surface area contributed by atoms with E-state index in [4.69, 9.17) is 4.74 Å². The zero-order valence-corrected chi connectivity index (χ0v) is 10.9. The van der Waals surface area contributed by atoms with Crippen molar-refractivity contribution in [2.75, 3.05) is 13.2 Å². The average molecular weight is 251 g/mol. The molecular weight excluding hydrogens is 230 g/mol. The Bertz CT molecular complexity index is 358. The van der Waals surface area contributed by atoms with Gasteiger partial charge in [-0.05, 0) is 50.9 Å². The van der Waals surface area contributed by atoms with Crippen LogP contribution < -0.4 is 0 Å². The molecule has 1 aliphatic heterocycles. The first-order valence-electron chi connectivity index (χ1n) is 7.17. The van der Waals surface area contributed by atoms with E-state index < -0.39 is 0 Å². The highest BCUT2D eigenvalue weighted by atomic mass is 16.5. The molecule has 4 nitrogen and oxygen atoms in total. The van der Waals surface area contributed by atoms with E-state index in [2.05, 4.69) is 0 Å². The zero-order valence-electron chi connectivity index (χ0n) is 10.9. The molecule has 3 atom stereocenters. The minimum Gasteiger partial charge on any atom is -0.464 e. The molecule has 0 radical (unpaired) electrons. The van der Waals surface area contributed by atoms with Crippen LogP contribution in [0.1, 0.15) is 39.0 Å². The number of fused-ring (bicyclic) bond motifs is 1. The first-order valence-corrected chi connectivity index (χ1v) is 7.17. The lowest BCUT2D eigenvalue weighted by atomic mass is 10.0. The van der Waals surface area contributed by atoms with Gasteiger partial charge >= 0.3 is 5.97 Å². The maximum atomic E-state index is 12.5. The summed E-state index contributed by atoms with van der Waals surface area (Å²) in [4.78, 5) is 26.1. The van der Waals surface area contributed by atoms with E-state index in [9.17, 15) is 9.59 Å². The fourth-order valence-corrected chi connectivity index (χ4v) is 3.66. The second-order valence-corrected chi connectivity index (χ2v) is 5.87. The Morgan fingerprint density at radius 3 is 2.61 bits per heavy atom. The molecule has 1 heterocycles. The van der Waals surface area contributed by atoms with E-state index in [1.807, 2.05) is 6.92 Å². The summed E-state index contributed by atoms with van der Waals surface area (Å²) in [5, 5.41) is 0. The molecule has 1 amide bonds. The predicted molar refractivity (Wildman–Crippen MR) is 65.7 cm³/mol. The number of hydrogen-bond acceptors (Lipinski definition) is 3. The van der Waals surface area contributed by atoms with E-state index >= 15 is 0 Å². The summed E-state index contributed by atoms with van der Waals surface area (Å²) in [7, 11) is 0. The number of ether oxygens (including phenoxy) is 1. The number of carbonyl (C=O) groups excluding carboxylic acids is 2. The number of esters is 1. The Kier molecular flexibility index (Phi) is 3.04. The van der Waals surface area contributed by atoms with Crippen LogP contribution in [0.25, 0.3) is 0 Å². The highest BCUT2D eigenvalue weighted by molar-refractivity contribution is 5.86. The van der Waals surface area contributed by atoms with Crippen LogP contribution in [0.2, 0.25) is 0 Å². The summed E-state index contributed by atoms with van der Waals surface area (Å²) in [6.07, 6.45) is 5.12. The number of rotatable bonds is 3. The second-order valence-electron chi connectivity index (χ2n) is 5.87. The minimum absolute atomic E-state index is 0.184. The van der Waals surface area contributed by atoms with Gasteiger partial charge in [0.2, 0.25) is 5.91 Å². The molecule has 2 aliphatic carbocycles. The third-order valence-corrected chi connectivity index (χ3v) is 4.69. The topological polar surface area (TPSA) is 46.6 Å². The largest absolute Gasteiger partial charge is 0.464 e. The molecule has 0 aromatic rings. The molecule has 0 spiro atoms. The van der Waals surface area contributed by atoms with Crippen LogP contribution in [0, 0.1) is 17.8 Å². The Morgan fingerprint density at radius 2 is 1.94 bits per heavy atom. The number of carbonyl (C=O) groups is 2. The van der Waals surface area contributed by atoms with Crippen molar-refractivity contribution in [1.82, 2.24) is 4.90 Å². The van der Waals surface area contributed by atoms with Gasteiger partial charge in [-0.1, -0.05) is 0 Å². The fourth-order valence-electron chi connectivity index (χ4n) is 3.66. The average Bonchev–Trinajstić information content (AvgIpc) is 2.84. The number of likely N-dealkylation sites (tertiary alicyclic amines) is 1. The molecule has 3 fully saturated rings. The molecule has 3 unspecified atom stereocenters. The molecule has 100 valence electrons. The van der Waals surface area contributed by atoms with Crippen LogP contribution in [0.15, 0.2) is 0 Å². The van der Waals surface area contributed by atoms with E-state index in [1.165, 1.54) is 6.42 Å². The van der Waals surface area contributed by atoms with Crippen molar-refractivity contribution in [2.24, 2.45) is 17.8 Å². The van der Waals surface area contributed by atoms with Crippen molar-refractivity contribution in [1.29, 1.82) is 0 Å². The minimum atomic E-state index is -0.311. The van der Waals surface area contributed by atoms with E-state index in [1.54, 1.807) is 4.90 Å². The van der Waals surface area contributed by atoms with Crippen LogP contribution in [0.4, 0.5) is 0 Å².